The maximum absolute atomic E-state index is 13.7. The van der Waals surface area contributed by atoms with Crippen LogP contribution in [0.25, 0.3) is 10.2 Å². The van der Waals surface area contributed by atoms with E-state index in [-0.39, 0.29) is 12.5 Å². The maximum Gasteiger partial charge on any atom is 0.247 e. The summed E-state index contributed by atoms with van der Waals surface area (Å²) in [5, 5.41) is 1.14. The molecule has 1 saturated heterocycles. The van der Waals surface area contributed by atoms with Crippen molar-refractivity contribution in [2.24, 2.45) is 0 Å². The van der Waals surface area contributed by atoms with E-state index in [0.29, 0.717) is 23.1 Å². The number of nitrogens with zero attached hydrogens (tertiary/aromatic N) is 4. The molecule has 0 radical (unpaired) electrons. The van der Waals surface area contributed by atoms with Gasteiger partial charge in [-0.1, -0.05) is 35.4 Å². The number of halogens is 1. The third-order valence-electron chi connectivity index (χ3n) is 5.46. The molecule has 0 bridgehead atoms. The highest BCUT2D eigenvalue weighted by Crippen LogP contribution is 2.35. The molecule has 10 heteroatoms. The van der Waals surface area contributed by atoms with E-state index >= 15 is 0 Å². The first kappa shape index (κ1) is 22.1. The van der Waals surface area contributed by atoms with E-state index in [2.05, 4.69) is 4.98 Å². The molecule has 1 fully saturated rings. The van der Waals surface area contributed by atoms with Crippen molar-refractivity contribution in [2.45, 2.75) is 38.8 Å². The highest BCUT2D eigenvalue weighted by atomic mass is 35.5. The predicted octanol–water partition coefficient (Wildman–Crippen LogP) is 4.00. The summed E-state index contributed by atoms with van der Waals surface area (Å²) in [5.41, 5.74) is 2.44. The first-order chi connectivity index (χ1) is 14.8. The molecule has 0 N–H and O–H groups in total. The summed E-state index contributed by atoms with van der Waals surface area (Å²) >= 11 is 7.66. The Morgan fingerprint density at radius 2 is 2.13 bits per heavy atom. The van der Waals surface area contributed by atoms with E-state index in [1.807, 2.05) is 31.2 Å². The minimum Gasteiger partial charge on any atom is -0.282 e. The Morgan fingerprint density at radius 1 is 1.32 bits per heavy atom. The van der Waals surface area contributed by atoms with Crippen molar-refractivity contribution in [1.29, 1.82) is 0 Å². The molecule has 7 nitrogen and oxygen atoms in total. The summed E-state index contributed by atoms with van der Waals surface area (Å²) in [7, 11) is -3.51. The van der Waals surface area contributed by atoms with Crippen molar-refractivity contribution in [2.75, 3.05) is 17.7 Å². The second-order valence-corrected chi connectivity index (χ2v) is 11.0. The van der Waals surface area contributed by atoms with Crippen LogP contribution in [0.3, 0.4) is 0 Å². The Bertz CT molecular complexity index is 1210. The monoisotopic (exact) mass is 478 g/mol. The van der Waals surface area contributed by atoms with Gasteiger partial charge in [0.05, 0.1) is 23.0 Å². The summed E-state index contributed by atoms with van der Waals surface area (Å²) in [4.78, 5) is 24.2. The molecular formula is C21H23ClN4O3S2. The van der Waals surface area contributed by atoms with Crippen molar-refractivity contribution in [1.82, 2.24) is 14.3 Å². The van der Waals surface area contributed by atoms with Crippen molar-refractivity contribution in [3.63, 3.8) is 0 Å². The molecule has 1 aliphatic heterocycles. The first-order valence-corrected chi connectivity index (χ1v) is 13.0. The highest BCUT2D eigenvalue weighted by molar-refractivity contribution is 7.88. The number of anilines is 1. The van der Waals surface area contributed by atoms with E-state index in [4.69, 9.17) is 16.6 Å². The molecule has 0 spiro atoms. The molecule has 1 aromatic carbocycles. The Morgan fingerprint density at radius 3 is 2.84 bits per heavy atom. The number of sulfonamides is 1. The van der Waals surface area contributed by atoms with E-state index in [0.717, 1.165) is 40.4 Å². The van der Waals surface area contributed by atoms with Gasteiger partial charge in [0.1, 0.15) is 6.04 Å². The van der Waals surface area contributed by atoms with Gasteiger partial charge in [0.15, 0.2) is 5.13 Å². The molecule has 3 aromatic rings. The summed E-state index contributed by atoms with van der Waals surface area (Å²) < 4.78 is 27.0. The van der Waals surface area contributed by atoms with Crippen LogP contribution in [0.1, 0.15) is 30.4 Å². The van der Waals surface area contributed by atoms with Crippen LogP contribution >= 0.6 is 22.9 Å². The third-order valence-corrected chi connectivity index (χ3v) is 8.20. The van der Waals surface area contributed by atoms with Crippen molar-refractivity contribution in [3.8, 4) is 0 Å². The lowest BCUT2D eigenvalue weighted by Gasteiger charge is -2.35. The van der Waals surface area contributed by atoms with E-state index < -0.39 is 16.1 Å². The molecule has 1 atom stereocenters. The Balaban J connectivity index is 1.77. The smallest absolute Gasteiger partial charge is 0.247 e. The zero-order valence-electron chi connectivity index (χ0n) is 17.3. The predicted molar refractivity (Wildman–Crippen MR) is 124 cm³/mol. The van der Waals surface area contributed by atoms with Gasteiger partial charge in [-0.3, -0.25) is 14.7 Å². The molecule has 1 amide bonds. The van der Waals surface area contributed by atoms with Gasteiger partial charge in [0.2, 0.25) is 15.9 Å². The first-order valence-electron chi connectivity index (χ1n) is 9.98. The van der Waals surface area contributed by atoms with E-state index in [1.54, 1.807) is 17.3 Å². The molecule has 3 heterocycles. The van der Waals surface area contributed by atoms with Crippen LogP contribution in [0, 0.1) is 6.92 Å². The number of piperidine rings is 1. The Hall–Kier alpha value is -2.07. The summed E-state index contributed by atoms with van der Waals surface area (Å²) in [6.45, 7) is 2.51. The molecule has 0 aliphatic carbocycles. The minimum absolute atomic E-state index is 0.257. The second kappa shape index (κ2) is 8.82. The Labute approximate surface area is 190 Å². The fraction of sp³-hybridized carbons (Fsp3) is 0.381. The van der Waals surface area contributed by atoms with Gasteiger partial charge in [-0.25, -0.2) is 13.4 Å². The number of hydrogen-bond donors (Lipinski definition) is 0. The molecule has 4 rings (SSSR count). The number of aromatic nitrogens is 2. The number of fused-ring (bicyclic) bond motifs is 1. The zero-order valence-corrected chi connectivity index (χ0v) is 19.7. The summed E-state index contributed by atoms with van der Waals surface area (Å²) in [6, 6.07) is 6.67. The molecule has 1 aliphatic rings. The summed E-state index contributed by atoms with van der Waals surface area (Å²) in [6.07, 6.45) is 6.57. The van der Waals surface area contributed by atoms with Gasteiger partial charge in [-0.15, -0.1) is 0 Å². The maximum atomic E-state index is 13.7. The number of carbonyl (C=O) groups excluding carboxylic acids is 1. The molecule has 0 saturated carbocycles. The number of hydrogen-bond acceptors (Lipinski definition) is 6. The van der Waals surface area contributed by atoms with Crippen LogP contribution < -0.4 is 4.90 Å². The molecule has 1 unspecified atom stereocenters. The van der Waals surface area contributed by atoms with Crippen LogP contribution in [-0.2, 0) is 21.4 Å². The fourth-order valence-electron chi connectivity index (χ4n) is 3.85. The number of pyridine rings is 1. The molecule has 31 heavy (non-hydrogen) atoms. The zero-order chi connectivity index (χ0) is 22.2. The van der Waals surface area contributed by atoms with Crippen LogP contribution in [-0.4, -0.2) is 47.4 Å². The van der Waals surface area contributed by atoms with Gasteiger partial charge in [-0.05, 0) is 49.1 Å². The average molecular weight is 479 g/mol. The van der Waals surface area contributed by atoms with Crippen molar-refractivity contribution in [3.05, 3.63) is 52.8 Å². The number of amides is 1. The lowest BCUT2D eigenvalue weighted by molar-refractivity contribution is -0.123. The van der Waals surface area contributed by atoms with E-state index in [1.165, 1.54) is 15.6 Å². The van der Waals surface area contributed by atoms with Gasteiger partial charge in [0, 0.05) is 24.0 Å². The second-order valence-electron chi connectivity index (χ2n) is 7.69. The standard InChI is InChI=1S/C21H23ClN4O3S2/c1-14-16(22)8-9-18-19(14)24-21(30-18)25(13-15-6-5-10-23-12-15)20(27)17-7-3-4-11-26(17)31(2,28)29/h5-6,8-10,12,17H,3-4,7,11,13H2,1-2H3. The number of rotatable bonds is 5. The van der Waals surface area contributed by atoms with Gasteiger partial charge >= 0.3 is 0 Å². The van der Waals surface area contributed by atoms with Gasteiger partial charge in [0.25, 0.3) is 0 Å². The Kier molecular flexibility index (Phi) is 6.30. The molecular weight excluding hydrogens is 456 g/mol. The number of thiazole rings is 1. The minimum atomic E-state index is -3.51. The van der Waals surface area contributed by atoms with Crippen LogP contribution in [0.4, 0.5) is 5.13 Å². The number of aryl methyl sites for hydroxylation is 1. The van der Waals surface area contributed by atoms with Crippen LogP contribution in [0.5, 0.6) is 0 Å². The molecule has 2 aromatic heterocycles. The topological polar surface area (TPSA) is 83.5 Å². The molecule has 164 valence electrons. The van der Waals surface area contributed by atoms with Crippen LogP contribution in [0.15, 0.2) is 36.7 Å². The number of benzene rings is 1. The van der Waals surface area contributed by atoms with Crippen molar-refractivity contribution >= 4 is 54.2 Å². The quantitative estimate of drug-likeness (QED) is 0.553. The SMILES string of the molecule is Cc1c(Cl)ccc2sc(N(Cc3cccnc3)C(=O)C3CCCCN3S(C)(=O)=O)nc12. The number of carbonyl (C=O) groups is 1. The normalized spacial score (nSPS) is 17.7. The fourth-order valence-corrected chi connectivity index (χ4v) is 6.15. The van der Waals surface area contributed by atoms with Crippen LogP contribution in [0.2, 0.25) is 5.02 Å². The lowest BCUT2D eigenvalue weighted by Crippen LogP contribution is -2.52. The van der Waals surface area contributed by atoms with Crippen molar-refractivity contribution < 1.29 is 13.2 Å². The van der Waals surface area contributed by atoms with Gasteiger partial charge < -0.3 is 0 Å². The van der Waals surface area contributed by atoms with E-state index in [9.17, 15) is 13.2 Å². The lowest BCUT2D eigenvalue weighted by atomic mass is 10.0. The largest absolute Gasteiger partial charge is 0.282 e. The third kappa shape index (κ3) is 4.59. The van der Waals surface area contributed by atoms with Gasteiger partial charge in [-0.2, -0.15) is 4.31 Å². The summed E-state index contributed by atoms with van der Waals surface area (Å²) in [5.74, 6) is -0.267. The average Bonchev–Trinajstić information content (AvgIpc) is 3.19. The highest BCUT2D eigenvalue weighted by Gasteiger charge is 2.38.